The summed E-state index contributed by atoms with van der Waals surface area (Å²) in [6.07, 6.45) is 0. The first-order valence-corrected chi connectivity index (χ1v) is 16.2. The Labute approximate surface area is 275 Å². The SMILES string of the molecule is Cc1ccc(N(c2ccc(C)cc2)c2c3ccccc3c(N(c3ccc(C)cc3)c3ccc(C)cc3)c3c2oc2ccccc23)cc1. The highest BCUT2D eigenvalue weighted by molar-refractivity contribution is 6.28. The van der Waals surface area contributed by atoms with Gasteiger partial charge < -0.3 is 14.2 Å². The van der Waals surface area contributed by atoms with Gasteiger partial charge in [-0.3, -0.25) is 0 Å². The van der Waals surface area contributed by atoms with E-state index in [0.29, 0.717) is 0 Å². The maximum Gasteiger partial charge on any atom is 0.162 e. The summed E-state index contributed by atoms with van der Waals surface area (Å²) >= 11 is 0. The van der Waals surface area contributed by atoms with Gasteiger partial charge in [-0.05, 0) is 82.3 Å². The molecule has 0 unspecified atom stereocenters. The van der Waals surface area contributed by atoms with Crippen LogP contribution in [0.3, 0.4) is 0 Å². The lowest BCUT2D eigenvalue weighted by atomic mass is 9.97. The van der Waals surface area contributed by atoms with Crippen LogP contribution in [0.25, 0.3) is 32.7 Å². The average Bonchev–Trinajstić information content (AvgIpc) is 3.48. The fraction of sp³-hybridized carbons (Fsp3) is 0.0909. The lowest BCUT2D eigenvalue weighted by Crippen LogP contribution is -2.14. The highest BCUT2D eigenvalue weighted by atomic mass is 16.3. The molecule has 3 heteroatoms. The summed E-state index contributed by atoms with van der Waals surface area (Å²) in [5, 5.41) is 4.42. The monoisotopic (exact) mass is 608 g/mol. The zero-order valence-electron chi connectivity index (χ0n) is 27.2. The second-order valence-corrected chi connectivity index (χ2v) is 12.6. The first-order chi connectivity index (χ1) is 23.0. The number of hydrogen-bond acceptors (Lipinski definition) is 3. The summed E-state index contributed by atoms with van der Waals surface area (Å²) in [6.45, 7) is 8.53. The Morgan fingerprint density at radius 1 is 0.362 bits per heavy atom. The van der Waals surface area contributed by atoms with Gasteiger partial charge in [-0.2, -0.15) is 0 Å². The summed E-state index contributed by atoms with van der Waals surface area (Å²) < 4.78 is 7.00. The summed E-state index contributed by atoms with van der Waals surface area (Å²) in [5.41, 5.74) is 13.1. The van der Waals surface area contributed by atoms with E-state index in [-0.39, 0.29) is 0 Å². The van der Waals surface area contributed by atoms with E-state index in [2.05, 4.69) is 183 Å². The molecule has 0 spiro atoms. The van der Waals surface area contributed by atoms with Crippen LogP contribution in [0.2, 0.25) is 0 Å². The second kappa shape index (κ2) is 11.5. The third kappa shape index (κ3) is 5.01. The van der Waals surface area contributed by atoms with Crippen molar-refractivity contribution in [2.75, 3.05) is 9.80 Å². The normalized spacial score (nSPS) is 11.4. The zero-order valence-corrected chi connectivity index (χ0v) is 27.2. The van der Waals surface area contributed by atoms with Crippen LogP contribution < -0.4 is 9.80 Å². The van der Waals surface area contributed by atoms with Crippen molar-refractivity contribution < 1.29 is 4.42 Å². The molecule has 7 aromatic carbocycles. The van der Waals surface area contributed by atoms with E-state index < -0.39 is 0 Å². The van der Waals surface area contributed by atoms with Crippen LogP contribution in [0.5, 0.6) is 0 Å². The minimum Gasteiger partial charge on any atom is -0.454 e. The molecule has 3 nitrogen and oxygen atoms in total. The number of para-hydroxylation sites is 1. The van der Waals surface area contributed by atoms with E-state index in [1.54, 1.807) is 0 Å². The Balaban J connectivity index is 1.55. The fourth-order valence-electron chi connectivity index (χ4n) is 6.64. The van der Waals surface area contributed by atoms with Crippen molar-refractivity contribution in [3.63, 3.8) is 0 Å². The van der Waals surface area contributed by atoms with Crippen LogP contribution in [-0.4, -0.2) is 0 Å². The van der Waals surface area contributed by atoms with Crippen LogP contribution in [0.15, 0.2) is 150 Å². The highest BCUT2D eigenvalue weighted by Gasteiger charge is 2.29. The Morgan fingerprint density at radius 3 is 1.13 bits per heavy atom. The lowest BCUT2D eigenvalue weighted by Gasteiger charge is -2.31. The van der Waals surface area contributed by atoms with Gasteiger partial charge in [-0.25, -0.2) is 0 Å². The van der Waals surface area contributed by atoms with E-state index in [9.17, 15) is 0 Å². The van der Waals surface area contributed by atoms with Gasteiger partial charge in [0, 0.05) is 38.9 Å². The number of benzene rings is 7. The molecule has 1 heterocycles. The number of nitrogens with zero attached hydrogens (tertiary/aromatic N) is 2. The number of rotatable bonds is 6. The van der Waals surface area contributed by atoms with Gasteiger partial charge in [-0.1, -0.05) is 113 Å². The molecular weight excluding hydrogens is 572 g/mol. The maximum atomic E-state index is 7.00. The van der Waals surface area contributed by atoms with E-state index in [4.69, 9.17) is 4.42 Å². The number of aryl methyl sites for hydroxylation is 4. The molecule has 0 radical (unpaired) electrons. The topological polar surface area (TPSA) is 19.6 Å². The molecule has 0 bridgehead atoms. The molecule has 0 N–H and O–H groups in total. The number of anilines is 6. The van der Waals surface area contributed by atoms with E-state index >= 15 is 0 Å². The highest BCUT2D eigenvalue weighted by Crippen LogP contribution is 2.53. The largest absolute Gasteiger partial charge is 0.454 e. The Bertz CT molecular complexity index is 2280. The van der Waals surface area contributed by atoms with Gasteiger partial charge in [0.2, 0.25) is 0 Å². The predicted octanol–water partition coefficient (Wildman–Crippen LogP) is 12.9. The van der Waals surface area contributed by atoms with Gasteiger partial charge in [0.25, 0.3) is 0 Å². The van der Waals surface area contributed by atoms with Gasteiger partial charge in [-0.15, -0.1) is 0 Å². The minimum atomic E-state index is 0.852. The fourth-order valence-corrected chi connectivity index (χ4v) is 6.64. The van der Waals surface area contributed by atoms with Crippen molar-refractivity contribution >= 4 is 66.8 Å². The van der Waals surface area contributed by atoms with Crippen LogP contribution in [0, 0.1) is 27.7 Å². The minimum absolute atomic E-state index is 0.852. The molecule has 0 aliphatic carbocycles. The van der Waals surface area contributed by atoms with Crippen molar-refractivity contribution in [2.45, 2.75) is 27.7 Å². The smallest absolute Gasteiger partial charge is 0.162 e. The van der Waals surface area contributed by atoms with Crippen LogP contribution in [0.1, 0.15) is 22.3 Å². The zero-order chi connectivity index (χ0) is 32.1. The van der Waals surface area contributed by atoms with Crippen molar-refractivity contribution in [3.8, 4) is 0 Å². The number of fused-ring (bicyclic) bond motifs is 4. The van der Waals surface area contributed by atoms with Crippen molar-refractivity contribution in [2.24, 2.45) is 0 Å². The Hall–Kier alpha value is -5.80. The maximum absolute atomic E-state index is 7.00. The molecule has 47 heavy (non-hydrogen) atoms. The summed E-state index contributed by atoms with van der Waals surface area (Å²) in [5.74, 6) is 0. The molecule has 0 amide bonds. The lowest BCUT2D eigenvalue weighted by molar-refractivity contribution is 0.669. The molecule has 228 valence electrons. The second-order valence-electron chi connectivity index (χ2n) is 12.6. The summed E-state index contributed by atoms with van der Waals surface area (Å²) in [7, 11) is 0. The van der Waals surface area contributed by atoms with Gasteiger partial charge in [0.1, 0.15) is 5.58 Å². The predicted molar refractivity (Wildman–Crippen MR) is 200 cm³/mol. The third-order valence-corrected chi connectivity index (χ3v) is 9.10. The Kier molecular flexibility index (Phi) is 7.03. The summed E-state index contributed by atoms with van der Waals surface area (Å²) in [4.78, 5) is 4.76. The van der Waals surface area contributed by atoms with Gasteiger partial charge in [0.15, 0.2) is 5.58 Å². The molecule has 0 fully saturated rings. The molecule has 0 saturated carbocycles. The van der Waals surface area contributed by atoms with Crippen molar-refractivity contribution in [1.82, 2.24) is 0 Å². The van der Waals surface area contributed by atoms with Gasteiger partial charge in [0.05, 0.1) is 16.8 Å². The first kappa shape index (κ1) is 28.7. The van der Waals surface area contributed by atoms with E-state index in [1.807, 2.05) is 0 Å². The molecule has 1 aromatic heterocycles. The van der Waals surface area contributed by atoms with Crippen LogP contribution >= 0.6 is 0 Å². The molecule has 0 aliphatic heterocycles. The van der Waals surface area contributed by atoms with Crippen molar-refractivity contribution in [1.29, 1.82) is 0 Å². The molecule has 0 saturated heterocycles. The van der Waals surface area contributed by atoms with Gasteiger partial charge >= 0.3 is 0 Å². The van der Waals surface area contributed by atoms with E-state index in [1.165, 1.54) is 22.3 Å². The van der Waals surface area contributed by atoms with E-state index in [0.717, 1.165) is 66.8 Å². The average molecular weight is 609 g/mol. The molecular formula is C44H36N2O. The first-order valence-electron chi connectivity index (χ1n) is 16.2. The Morgan fingerprint density at radius 2 is 0.702 bits per heavy atom. The quantitative estimate of drug-likeness (QED) is 0.175. The molecule has 8 aromatic rings. The standard InChI is InChI=1S/C44H36N2O/c1-29-13-21-33(22-14-29)45(34-23-15-30(2)16-24-34)42-37-9-5-6-10-38(37)43(44-41(42)39-11-7-8-12-40(39)47-44)46(35-25-17-31(3)18-26-35)36-27-19-32(4)20-28-36/h5-28H,1-4H3. The third-order valence-electron chi connectivity index (χ3n) is 9.10. The summed E-state index contributed by atoms with van der Waals surface area (Å²) in [6, 6.07) is 52.4. The number of hydrogen-bond donors (Lipinski definition) is 0. The van der Waals surface area contributed by atoms with Crippen LogP contribution in [0.4, 0.5) is 34.1 Å². The molecule has 8 rings (SSSR count). The molecule has 0 atom stereocenters. The van der Waals surface area contributed by atoms with Crippen molar-refractivity contribution in [3.05, 3.63) is 168 Å². The molecule has 0 aliphatic rings. The van der Waals surface area contributed by atoms with Crippen LogP contribution in [-0.2, 0) is 0 Å². The number of furan rings is 1.